The van der Waals surface area contributed by atoms with Crippen LogP contribution in [0.2, 0.25) is 0 Å². The Morgan fingerprint density at radius 3 is 2.61 bits per heavy atom. The summed E-state index contributed by atoms with van der Waals surface area (Å²) in [7, 11) is 0. The van der Waals surface area contributed by atoms with E-state index in [-0.39, 0.29) is 5.92 Å². The lowest BCUT2D eigenvalue weighted by atomic mass is 9.97. The van der Waals surface area contributed by atoms with Gasteiger partial charge in [-0.1, -0.05) is 37.6 Å². The van der Waals surface area contributed by atoms with E-state index >= 15 is 0 Å². The molecule has 2 nitrogen and oxygen atoms in total. The highest BCUT2D eigenvalue weighted by molar-refractivity contribution is 5.30. The molecule has 0 aliphatic heterocycles. The molecule has 1 aromatic carbocycles. The van der Waals surface area contributed by atoms with Gasteiger partial charge in [-0.05, 0) is 43.9 Å². The molecule has 18 heavy (non-hydrogen) atoms. The first kappa shape index (κ1) is 14.7. The Balaban J connectivity index is 2.38. The normalized spacial score (nSPS) is 12.4. The highest BCUT2D eigenvalue weighted by atomic mass is 14.9. The lowest BCUT2D eigenvalue weighted by molar-refractivity contribution is 0.444. The first-order chi connectivity index (χ1) is 8.54. The molecule has 0 heterocycles. The van der Waals surface area contributed by atoms with E-state index in [1.165, 1.54) is 16.7 Å². The lowest BCUT2D eigenvalue weighted by Gasteiger charge is -2.14. The van der Waals surface area contributed by atoms with Crippen LogP contribution in [0.15, 0.2) is 18.2 Å². The Labute approximate surface area is 111 Å². The number of aryl methyl sites for hydroxylation is 2. The number of benzene rings is 1. The van der Waals surface area contributed by atoms with Crippen molar-refractivity contribution >= 4 is 0 Å². The molecule has 1 N–H and O–H groups in total. The number of nitrogens with zero attached hydrogens (tertiary/aromatic N) is 1. The molecule has 1 aromatic rings. The summed E-state index contributed by atoms with van der Waals surface area (Å²) in [5.41, 5.74) is 4.07. The highest BCUT2D eigenvalue weighted by Gasteiger charge is 2.11. The van der Waals surface area contributed by atoms with Crippen molar-refractivity contribution in [1.29, 1.82) is 5.26 Å². The van der Waals surface area contributed by atoms with Gasteiger partial charge in [-0.2, -0.15) is 5.26 Å². The van der Waals surface area contributed by atoms with Crippen LogP contribution in [0, 0.1) is 37.0 Å². The van der Waals surface area contributed by atoms with Gasteiger partial charge in [0.15, 0.2) is 0 Å². The molecular weight excluding hydrogens is 220 g/mol. The first-order valence-electron chi connectivity index (χ1n) is 6.71. The first-order valence-corrected chi connectivity index (χ1v) is 6.71. The molecule has 0 saturated heterocycles. The van der Waals surface area contributed by atoms with Crippen molar-refractivity contribution in [2.45, 2.75) is 34.1 Å². The van der Waals surface area contributed by atoms with Crippen LogP contribution in [0.3, 0.4) is 0 Å². The summed E-state index contributed by atoms with van der Waals surface area (Å²) < 4.78 is 0. The monoisotopic (exact) mass is 244 g/mol. The fourth-order valence-corrected chi connectivity index (χ4v) is 1.98. The van der Waals surface area contributed by atoms with Crippen molar-refractivity contribution in [2.24, 2.45) is 11.8 Å². The molecule has 0 saturated carbocycles. The Hall–Kier alpha value is -1.33. The number of hydrogen-bond acceptors (Lipinski definition) is 2. The van der Waals surface area contributed by atoms with Crippen LogP contribution >= 0.6 is 0 Å². The van der Waals surface area contributed by atoms with Gasteiger partial charge in [0.2, 0.25) is 0 Å². The van der Waals surface area contributed by atoms with Crippen LogP contribution < -0.4 is 5.32 Å². The second-order valence-electron chi connectivity index (χ2n) is 5.36. The summed E-state index contributed by atoms with van der Waals surface area (Å²) in [5.74, 6) is 0.534. The molecule has 0 aliphatic rings. The molecule has 0 aliphatic carbocycles. The third kappa shape index (κ3) is 4.50. The van der Waals surface area contributed by atoms with E-state index < -0.39 is 0 Å². The van der Waals surface area contributed by atoms with Gasteiger partial charge in [0.1, 0.15) is 0 Å². The van der Waals surface area contributed by atoms with Crippen molar-refractivity contribution in [3.63, 3.8) is 0 Å². The fourth-order valence-electron chi connectivity index (χ4n) is 1.98. The second-order valence-corrected chi connectivity index (χ2v) is 5.36. The van der Waals surface area contributed by atoms with Crippen molar-refractivity contribution in [3.8, 4) is 6.07 Å². The van der Waals surface area contributed by atoms with Gasteiger partial charge >= 0.3 is 0 Å². The predicted octanol–water partition coefficient (Wildman–Crippen LogP) is 3.23. The minimum absolute atomic E-state index is 0.114. The van der Waals surface area contributed by atoms with E-state index in [1.807, 2.05) is 0 Å². The summed E-state index contributed by atoms with van der Waals surface area (Å²) >= 11 is 0. The van der Waals surface area contributed by atoms with E-state index in [2.05, 4.69) is 57.3 Å². The minimum atomic E-state index is 0.114. The van der Waals surface area contributed by atoms with Gasteiger partial charge in [-0.15, -0.1) is 0 Å². The van der Waals surface area contributed by atoms with Gasteiger partial charge in [-0.3, -0.25) is 0 Å². The SMILES string of the molecule is Cc1ccc(C)c(CCNCC(C#N)C(C)C)c1. The number of nitriles is 1. The van der Waals surface area contributed by atoms with E-state index in [9.17, 15) is 0 Å². The molecule has 0 bridgehead atoms. The fraction of sp³-hybridized carbons (Fsp3) is 0.562. The maximum Gasteiger partial charge on any atom is 0.0671 e. The van der Waals surface area contributed by atoms with E-state index in [4.69, 9.17) is 5.26 Å². The Morgan fingerprint density at radius 1 is 1.28 bits per heavy atom. The van der Waals surface area contributed by atoms with Crippen LogP contribution in [0.4, 0.5) is 0 Å². The van der Waals surface area contributed by atoms with Gasteiger partial charge in [0.05, 0.1) is 12.0 Å². The molecule has 0 fully saturated rings. The number of nitrogens with one attached hydrogen (secondary N) is 1. The van der Waals surface area contributed by atoms with Crippen molar-refractivity contribution in [3.05, 3.63) is 34.9 Å². The van der Waals surface area contributed by atoms with Crippen molar-refractivity contribution < 1.29 is 0 Å². The zero-order valence-electron chi connectivity index (χ0n) is 12.0. The van der Waals surface area contributed by atoms with E-state index in [1.54, 1.807) is 0 Å². The van der Waals surface area contributed by atoms with Crippen LogP contribution in [0.25, 0.3) is 0 Å². The van der Waals surface area contributed by atoms with Gasteiger partial charge in [0.25, 0.3) is 0 Å². The molecule has 0 aromatic heterocycles. The maximum absolute atomic E-state index is 9.00. The summed E-state index contributed by atoms with van der Waals surface area (Å²) in [5, 5.41) is 12.4. The second kappa shape index (κ2) is 7.18. The molecule has 1 rings (SSSR count). The number of hydrogen-bond donors (Lipinski definition) is 1. The topological polar surface area (TPSA) is 35.8 Å². The molecule has 2 heteroatoms. The maximum atomic E-state index is 9.00. The Morgan fingerprint density at radius 2 is 2.00 bits per heavy atom. The average Bonchev–Trinajstić information content (AvgIpc) is 2.33. The van der Waals surface area contributed by atoms with Crippen LogP contribution in [-0.4, -0.2) is 13.1 Å². The van der Waals surface area contributed by atoms with Crippen LogP contribution in [0.1, 0.15) is 30.5 Å². The van der Waals surface area contributed by atoms with E-state index in [0.29, 0.717) is 5.92 Å². The molecule has 1 unspecified atom stereocenters. The quantitative estimate of drug-likeness (QED) is 0.780. The van der Waals surface area contributed by atoms with E-state index in [0.717, 1.165) is 19.5 Å². The summed E-state index contributed by atoms with van der Waals surface area (Å²) in [6.45, 7) is 10.2. The lowest BCUT2D eigenvalue weighted by Crippen LogP contribution is -2.27. The average molecular weight is 244 g/mol. The Kier molecular flexibility index (Phi) is 5.88. The summed E-state index contributed by atoms with van der Waals surface area (Å²) in [6, 6.07) is 8.94. The van der Waals surface area contributed by atoms with Gasteiger partial charge in [-0.25, -0.2) is 0 Å². The summed E-state index contributed by atoms with van der Waals surface area (Å²) in [6.07, 6.45) is 1.03. The van der Waals surface area contributed by atoms with Crippen molar-refractivity contribution in [1.82, 2.24) is 5.32 Å². The standard InChI is InChI=1S/C16H24N2/c1-12(2)16(10-17)11-18-8-7-15-9-13(3)5-6-14(15)4/h5-6,9,12,16,18H,7-8,11H2,1-4H3. The summed E-state index contributed by atoms with van der Waals surface area (Å²) in [4.78, 5) is 0. The van der Waals surface area contributed by atoms with Gasteiger partial charge in [0, 0.05) is 6.54 Å². The number of rotatable bonds is 6. The zero-order chi connectivity index (χ0) is 13.5. The molecule has 98 valence electrons. The van der Waals surface area contributed by atoms with Gasteiger partial charge < -0.3 is 5.32 Å². The Bertz CT molecular complexity index is 416. The third-order valence-corrected chi connectivity index (χ3v) is 3.41. The molecule has 1 atom stereocenters. The minimum Gasteiger partial charge on any atom is -0.315 e. The highest BCUT2D eigenvalue weighted by Crippen LogP contribution is 2.11. The largest absolute Gasteiger partial charge is 0.315 e. The van der Waals surface area contributed by atoms with Crippen LogP contribution in [-0.2, 0) is 6.42 Å². The molecular formula is C16H24N2. The van der Waals surface area contributed by atoms with Crippen LogP contribution in [0.5, 0.6) is 0 Å². The predicted molar refractivity (Wildman–Crippen MR) is 76.4 cm³/mol. The zero-order valence-corrected chi connectivity index (χ0v) is 12.0. The molecule has 0 radical (unpaired) electrons. The third-order valence-electron chi connectivity index (χ3n) is 3.41. The smallest absolute Gasteiger partial charge is 0.0671 e. The molecule has 0 amide bonds. The molecule has 0 spiro atoms. The van der Waals surface area contributed by atoms with Crippen molar-refractivity contribution in [2.75, 3.05) is 13.1 Å².